The average Bonchev–Trinajstić information content (AvgIpc) is 2.83. The summed E-state index contributed by atoms with van der Waals surface area (Å²) in [7, 11) is 0. The van der Waals surface area contributed by atoms with Crippen molar-refractivity contribution >= 4 is 17.7 Å². The van der Waals surface area contributed by atoms with Crippen molar-refractivity contribution in [2.75, 3.05) is 11.5 Å². The third-order valence-electron chi connectivity index (χ3n) is 3.33. The topological polar surface area (TPSA) is 66.0 Å². The summed E-state index contributed by atoms with van der Waals surface area (Å²) in [4.78, 5) is 11.9. The minimum Gasteiger partial charge on any atom is -0.466 e. The zero-order valence-corrected chi connectivity index (χ0v) is 11.9. The molecule has 102 valence electrons. The Bertz CT molecular complexity index is 484. The normalized spacial score (nSPS) is 17.7. The van der Waals surface area contributed by atoms with Gasteiger partial charge in [0, 0.05) is 12.8 Å². The maximum Gasteiger partial charge on any atom is 0.221 e. The van der Waals surface area contributed by atoms with Crippen molar-refractivity contribution in [1.82, 2.24) is 5.32 Å². The van der Waals surface area contributed by atoms with E-state index in [1.807, 2.05) is 30.8 Å². The van der Waals surface area contributed by atoms with E-state index >= 15 is 0 Å². The van der Waals surface area contributed by atoms with Gasteiger partial charge in [-0.15, -0.1) is 0 Å². The second-order valence-corrected chi connectivity index (χ2v) is 6.09. The van der Waals surface area contributed by atoms with E-state index in [2.05, 4.69) is 11.4 Å². The lowest BCUT2D eigenvalue weighted by Gasteiger charge is -2.31. The van der Waals surface area contributed by atoms with Crippen LogP contribution in [0.3, 0.4) is 0 Å². The van der Waals surface area contributed by atoms with Crippen LogP contribution in [0, 0.1) is 18.3 Å². The minimum absolute atomic E-state index is 0.0671. The van der Waals surface area contributed by atoms with Gasteiger partial charge in [0.25, 0.3) is 0 Å². The molecule has 0 unspecified atom stereocenters. The summed E-state index contributed by atoms with van der Waals surface area (Å²) in [5.74, 6) is 3.48. The fourth-order valence-electron chi connectivity index (χ4n) is 2.17. The van der Waals surface area contributed by atoms with Crippen molar-refractivity contribution in [2.24, 2.45) is 0 Å². The Hall–Kier alpha value is -1.41. The van der Waals surface area contributed by atoms with E-state index in [0.717, 1.165) is 35.9 Å². The third kappa shape index (κ3) is 3.77. The van der Waals surface area contributed by atoms with Crippen molar-refractivity contribution in [3.05, 3.63) is 23.7 Å². The molecule has 0 aromatic carbocycles. The van der Waals surface area contributed by atoms with Gasteiger partial charge in [-0.05, 0) is 43.4 Å². The number of nitrogens with one attached hydrogen (secondary N) is 1. The van der Waals surface area contributed by atoms with E-state index in [1.165, 1.54) is 0 Å². The number of carbonyl (C=O) groups is 1. The first-order valence-corrected chi connectivity index (χ1v) is 7.64. The Labute approximate surface area is 117 Å². The van der Waals surface area contributed by atoms with Crippen molar-refractivity contribution in [1.29, 1.82) is 5.26 Å². The maximum atomic E-state index is 11.9. The molecule has 4 nitrogen and oxygen atoms in total. The highest BCUT2D eigenvalue weighted by atomic mass is 32.2. The van der Waals surface area contributed by atoms with Crippen LogP contribution in [0.15, 0.2) is 16.5 Å². The predicted molar refractivity (Wildman–Crippen MR) is 74.8 cm³/mol. The number of amides is 1. The Morgan fingerprint density at radius 2 is 2.26 bits per heavy atom. The van der Waals surface area contributed by atoms with Crippen molar-refractivity contribution in [3.63, 3.8) is 0 Å². The second kappa shape index (κ2) is 6.16. The molecule has 19 heavy (non-hydrogen) atoms. The summed E-state index contributed by atoms with van der Waals surface area (Å²) < 4.78 is 5.43. The molecule has 1 amide bonds. The van der Waals surface area contributed by atoms with Crippen molar-refractivity contribution < 1.29 is 9.21 Å². The molecule has 0 atom stereocenters. The van der Waals surface area contributed by atoms with Crippen molar-refractivity contribution in [3.8, 4) is 6.07 Å². The number of furan rings is 1. The second-order valence-electron chi connectivity index (χ2n) is 4.87. The predicted octanol–water partition coefficient (Wildman–Crippen LogP) is 2.43. The molecule has 0 aliphatic carbocycles. The number of carbonyl (C=O) groups excluding carboxylic acids is 1. The summed E-state index contributed by atoms with van der Waals surface area (Å²) in [6.07, 6.45) is 2.42. The van der Waals surface area contributed by atoms with Gasteiger partial charge in [0.15, 0.2) is 0 Å². The number of hydrogen-bond acceptors (Lipinski definition) is 4. The van der Waals surface area contributed by atoms with Gasteiger partial charge in [-0.3, -0.25) is 4.79 Å². The van der Waals surface area contributed by atoms with Gasteiger partial charge in [-0.1, -0.05) is 0 Å². The molecule has 0 bridgehead atoms. The lowest BCUT2D eigenvalue weighted by molar-refractivity contribution is -0.122. The number of nitrogens with zero attached hydrogens (tertiary/aromatic N) is 1. The highest BCUT2D eigenvalue weighted by molar-refractivity contribution is 7.99. The number of nitriles is 1. The summed E-state index contributed by atoms with van der Waals surface area (Å²) in [5.41, 5.74) is -0.651. The SMILES string of the molecule is Cc1ccc(CCC(=O)NC2(C#N)CCSCC2)o1. The van der Waals surface area contributed by atoms with E-state index in [-0.39, 0.29) is 5.91 Å². The molecule has 2 heterocycles. The molecule has 1 saturated heterocycles. The van der Waals surface area contributed by atoms with E-state index < -0.39 is 5.54 Å². The molecule has 1 aromatic heterocycles. The molecule has 1 aliphatic heterocycles. The first kappa shape index (κ1) is 14.0. The van der Waals surface area contributed by atoms with E-state index in [1.54, 1.807) is 0 Å². The van der Waals surface area contributed by atoms with Crippen molar-refractivity contribution in [2.45, 2.75) is 38.1 Å². The van der Waals surface area contributed by atoms with Gasteiger partial charge >= 0.3 is 0 Å². The Morgan fingerprint density at radius 1 is 1.53 bits per heavy atom. The Kier molecular flexibility index (Phi) is 4.54. The van der Waals surface area contributed by atoms with Crippen LogP contribution in [0.4, 0.5) is 0 Å². The zero-order chi connectivity index (χ0) is 13.7. The molecule has 5 heteroatoms. The third-order valence-corrected chi connectivity index (χ3v) is 4.32. The first-order chi connectivity index (χ1) is 9.13. The molecule has 1 aliphatic rings. The monoisotopic (exact) mass is 278 g/mol. The summed E-state index contributed by atoms with van der Waals surface area (Å²) >= 11 is 1.84. The zero-order valence-electron chi connectivity index (χ0n) is 11.1. The number of aryl methyl sites for hydroxylation is 2. The van der Waals surface area contributed by atoms with Crippen LogP contribution in [0.1, 0.15) is 30.8 Å². The van der Waals surface area contributed by atoms with Gasteiger partial charge in [0.2, 0.25) is 5.91 Å². The first-order valence-electron chi connectivity index (χ1n) is 6.49. The molecule has 0 saturated carbocycles. The highest BCUT2D eigenvalue weighted by Crippen LogP contribution is 2.26. The van der Waals surface area contributed by atoms with Crippen LogP contribution in [-0.2, 0) is 11.2 Å². The molecule has 1 N–H and O–H groups in total. The van der Waals surface area contributed by atoms with Gasteiger partial charge in [-0.2, -0.15) is 17.0 Å². The molecule has 1 fully saturated rings. The average molecular weight is 278 g/mol. The van der Waals surface area contributed by atoms with Gasteiger partial charge < -0.3 is 9.73 Å². The lowest BCUT2D eigenvalue weighted by atomic mass is 9.94. The fourth-order valence-corrected chi connectivity index (χ4v) is 3.36. The summed E-state index contributed by atoms with van der Waals surface area (Å²) in [5, 5.41) is 12.2. The van der Waals surface area contributed by atoms with Crippen LogP contribution in [0.5, 0.6) is 0 Å². The largest absolute Gasteiger partial charge is 0.466 e. The highest BCUT2D eigenvalue weighted by Gasteiger charge is 2.33. The molecule has 1 aromatic rings. The summed E-state index contributed by atoms with van der Waals surface area (Å²) in [6, 6.07) is 6.06. The van der Waals surface area contributed by atoms with Crippen LogP contribution in [0.2, 0.25) is 0 Å². The number of rotatable bonds is 4. The Balaban J connectivity index is 1.85. The lowest BCUT2D eigenvalue weighted by Crippen LogP contribution is -2.49. The van der Waals surface area contributed by atoms with Crippen LogP contribution in [-0.4, -0.2) is 23.0 Å². The van der Waals surface area contributed by atoms with Crippen LogP contribution >= 0.6 is 11.8 Å². The molecule has 2 rings (SSSR count). The van der Waals surface area contributed by atoms with E-state index in [0.29, 0.717) is 12.8 Å². The molecular weight excluding hydrogens is 260 g/mol. The van der Waals surface area contributed by atoms with E-state index in [4.69, 9.17) is 4.42 Å². The minimum atomic E-state index is -0.651. The quantitative estimate of drug-likeness (QED) is 0.918. The van der Waals surface area contributed by atoms with Crippen LogP contribution in [0.25, 0.3) is 0 Å². The van der Waals surface area contributed by atoms with E-state index in [9.17, 15) is 10.1 Å². The van der Waals surface area contributed by atoms with Crippen LogP contribution < -0.4 is 5.32 Å². The Morgan fingerprint density at radius 3 is 2.84 bits per heavy atom. The van der Waals surface area contributed by atoms with Gasteiger partial charge in [0.05, 0.1) is 6.07 Å². The van der Waals surface area contributed by atoms with Gasteiger partial charge in [0.1, 0.15) is 17.1 Å². The number of thioether (sulfide) groups is 1. The molecular formula is C14H18N2O2S. The smallest absolute Gasteiger partial charge is 0.221 e. The maximum absolute atomic E-state index is 11.9. The fraction of sp³-hybridized carbons (Fsp3) is 0.571. The van der Waals surface area contributed by atoms with Gasteiger partial charge in [-0.25, -0.2) is 0 Å². The standard InChI is InChI=1S/C14H18N2O2S/c1-11-2-3-12(18-11)4-5-13(17)16-14(10-15)6-8-19-9-7-14/h2-3H,4-9H2,1H3,(H,16,17). The number of hydrogen-bond donors (Lipinski definition) is 1. The molecule has 0 spiro atoms. The molecule has 0 radical (unpaired) electrons. The summed E-state index contributed by atoms with van der Waals surface area (Å²) in [6.45, 7) is 1.88.